The smallest absolute Gasteiger partial charge is 0.354 e. The Labute approximate surface area is 86.0 Å². The summed E-state index contributed by atoms with van der Waals surface area (Å²) in [6, 6.07) is 1.65. The van der Waals surface area contributed by atoms with Crippen LogP contribution in [0.3, 0.4) is 0 Å². The lowest BCUT2D eigenvalue weighted by Gasteiger charge is -2.02. The number of rotatable bonds is 2. The summed E-state index contributed by atoms with van der Waals surface area (Å²) in [5, 5.41) is 0.492. The van der Waals surface area contributed by atoms with Crippen LogP contribution in [0, 0.1) is 0 Å². The molecule has 1 heterocycles. The number of hydrogen-bond acceptors (Lipinski definition) is 3. The molecule has 1 aromatic heterocycles. The summed E-state index contributed by atoms with van der Waals surface area (Å²) in [4.78, 5) is 11.1. The molecule has 0 atom stereocenters. The predicted molar refractivity (Wildman–Crippen MR) is 51.9 cm³/mol. The fraction of sp³-hybridized carbons (Fsp3) is 0.286. The van der Waals surface area contributed by atoms with Crippen molar-refractivity contribution in [1.82, 2.24) is 0 Å². The summed E-state index contributed by atoms with van der Waals surface area (Å²) in [5.74, 6) is 1.03. The van der Waals surface area contributed by atoms with Crippen molar-refractivity contribution >= 4 is 31.9 Å². The Morgan fingerprint density at radius 1 is 1.67 bits per heavy atom. The summed E-state index contributed by atoms with van der Waals surface area (Å²) in [6.45, 7) is 0. The Kier molecular flexibility index (Phi) is 3.34. The first-order valence-corrected chi connectivity index (χ1v) is 5.03. The average Bonchev–Trinajstić information content (AvgIpc) is 2.09. The van der Waals surface area contributed by atoms with Crippen LogP contribution < -0.4 is 10.4 Å². The minimum absolute atomic E-state index is 0.315. The van der Waals surface area contributed by atoms with Crippen LogP contribution in [0.2, 0.25) is 0 Å². The molecule has 5 heteroatoms. The van der Waals surface area contributed by atoms with Crippen molar-refractivity contribution in [3.8, 4) is 5.75 Å². The van der Waals surface area contributed by atoms with Gasteiger partial charge in [0.25, 0.3) is 0 Å². The van der Waals surface area contributed by atoms with Gasteiger partial charge in [-0.25, -0.2) is 4.79 Å². The quantitative estimate of drug-likeness (QED) is 0.787. The topological polar surface area (TPSA) is 39.4 Å². The molecule has 0 aromatic carbocycles. The van der Waals surface area contributed by atoms with Gasteiger partial charge in [0.05, 0.1) is 12.4 Å². The summed E-state index contributed by atoms with van der Waals surface area (Å²) < 4.78 is 10.1. The molecule has 1 aromatic rings. The first-order chi connectivity index (χ1) is 5.69. The number of alkyl halides is 1. The molecule has 0 aliphatic rings. The Morgan fingerprint density at radius 3 is 2.83 bits per heavy atom. The third kappa shape index (κ3) is 1.90. The highest BCUT2D eigenvalue weighted by Crippen LogP contribution is 2.22. The number of hydrogen-bond donors (Lipinski definition) is 0. The molecule has 0 fully saturated rings. The van der Waals surface area contributed by atoms with E-state index < -0.39 is 5.63 Å². The van der Waals surface area contributed by atoms with Crippen LogP contribution in [-0.4, -0.2) is 7.11 Å². The van der Waals surface area contributed by atoms with Crippen molar-refractivity contribution in [2.24, 2.45) is 0 Å². The lowest BCUT2D eigenvalue weighted by molar-refractivity contribution is 0.391. The van der Waals surface area contributed by atoms with Crippen LogP contribution in [0.25, 0.3) is 0 Å². The zero-order chi connectivity index (χ0) is 9.14. The number of methoxy groups -OCH3 is 1. The molecule has 3 nitrogen and oxygen atoms in total. The van der Waals surface area contributed by atoms with Crippen molar-refractivity contribution < 1.29 is 9.15 Å². The van der Waals surface area contributed by atoms with Gasteiger partial charge in [0, 0.05) is 6.07 Å². The second-order valence-corrected chi connectivity index (χ2v) is 3.37. The summed E-state index contributed by atoms with van der Waals surface area (Å²) in [6.07, 6.45) is 0. The molecular weight excluding hydrogens is 292 g/mol. The Bertz CT molecular complexity index is 332. The molecule has 0 amide bonds. The zero-order valence-electron chi connectivity index (χ0n) is 6.27. The zero-order valence-corrected chi connectivity index (χ0v) is 9.44. The SMILES string of the molecule is COc1cc(CBr)oc(=O)c1Br. The molecule has 0 saturated carbocycles. The monoisotopic (exact) mass is 296 g/mol. The molecule has 0 N–H and O–H groups in total. The van der Waals surface area contributed by atoms with E-state index in [2.05, 4.69) is 31.9 Å². The van der Waals surface area contributed by atoms with E-state index in [9.17, 15) is 4.79 Å². The van der Waals surface area contributed by atoms with Crippen molar-refractivity contribution in [3.05, 3.63) is 26.7 Å². The second kappa shape index (κ2) is 4.09. The highest BCUT2D eigenvalue weighted by Gasteiger charge is 2.08. The standard InChI is InChI=1S/C7H6Br2O3/c1-11-5-2-4(3-8)12-7(10)6(5)9/h2H,3H2,1H3. The third-order valence-electron chi connectivity index (χ3n) is 1.26. The molecule has 0 aliphatic carbocycles. The number of halogens is 2. The van der Waals surface area contributed by atoms with Gasteiger partial charge in [0.1, 0.15) is 16.0 Å². The van der Waals surface area contributed by atoms with Crippen molar-refractivity contribution in [1.29, 1.82) is 0 Å². The fourth-order valence-corrected chi connectivity index (χ4v) is 1.35. The fourth-order valence-electron chi connectivity index (χ4n) is 0.718. The normalized spacial score (nSPS) is 9.92. The minimum Gasteiger partial charge on any atom is -0.495 e. The molecule has 1 rings (SSSR count). The Morgan fingerprint density at radius 2 is 2.33 bits per heavy atom. The van der Waals surface area contributed by atoms with Gasteiger partial charge in [-0.3, -0.25) is 0 Å². The van der Waals surface area contributed by atoms with E-state index in [1.54, 1.807) is 6.07 Å². The Hall–Kier alpha value is -0.290. The van der Waals surface area contributed by atoms with Crippen LogP contribution in [0.5, 0.6) is 5.75 Å². The van der Waals surface area contributed by atoms with E-state index in [1.165, 1.54) is 7.11 Å². The van der Waals surface area contributed by atoms with Gasteiger partial charge in [-0.05, 0) is 15.9 Å². The molecule has 0 saturated heterocycles. The third-order valence-corrected chi connectivity index (χ3v) is 2.53. The average molecular weight is 298 g/mol. The summed E-state index contributed by atoms with van der Waals surface area (Å²) >= 11 is 6.23. The van der Waals surface area contributed by atoms with Crippen molar-refractivity contribution in [2.45, 2.75) is 5.33 Å². The van der Waals surface area contributed by atoms with Crippen LogP contribution >= 0.6 is 31.9 Å². The van der Waals surface area contributed by atoms with Crippen LogP contribution in [0.1, 0.15) is 5.76 Å². The number of ether oxygens (including phenoxy) is 1. The van der Waals surface area contributed by atoms with E-state index in [-0.39, 0.29) is 0 Å². The lowest BCUT2D eigenvalue weighted by atomic mass is 10.4. The molecule has 0 unspecified atom stereocenters. The first kappa shape index (κ1) is 9.80. The van der Waals surface area contributed by atoms with E-state index in [0.29, 0.717) is 21.3 Å². The Balaban J connectivity index is 3.29. The van der Waals surface area contributed by atoms with E-state index in [1.807, 2.05) is 0 Å². The molecule has 66 valence electrons. The van der Waals surface area contributed by atoms with E-state index in [4.69, 9.17) is 9.15 Å². The molecule has 0 radical (unpaired) electrons. The van der Waals surface area contributed by atoms with Crippen LogP contribution in [0.4, 0.5) is 0 Å². The minimum atomic E-state index is -0.427. The molecule has 0 bridgehead atoms. The maximum atomic E-state index is 11.1. The largest absolute Gasteiger partial charge is 0.495 e. The molecular formula is C7H6Br2O3. The highest BCUT2D eigenvalue weighted by molar-refractivity contribution is 9.10. The maximum absolute atomic E-state index is 11.1. The summed E-state index contributed by atoms with van der Waals surface area (Å²) in [7, 11) is 1.50. The van der Waals surface area contributed by atoms with Crippen LogP contribution in [0.15, 0.2) is 19.8 Å². The summed E-state index contributed by atoms with van der Waals surface area (Å²) in [5.41, 5.74) is -0.427. The molecule has 0 spiro atoms. The van der Waals surface area contributed by atoms with Crippen molar-refractivity contribution in [3.63, 3.8) is 0 Å². The van der Waals surface area contributed by atoms with Gasteiger partial charge >= 0.3 is 5.63 Å². The van der Waals surface area contributed by atoms with E-state index in [0.717, 1.165) is 0 Å². The predicted octanol–water partition coefficient (Wildman–Crippen LogP) is 2.31. The van der Waals surface area contributed by atoms with Gasteiger partial charge in [0.15, 0.2) is 0 Å². The highest BCUT2D eigenvalue weighted by atomic mass is 79.9. The van der Waals surface area contributed by atoms with E-state index >= 15 is 0 Å². The van der Waals surface area contributed by atoms with Gasteiger partial charge in [-0.15, -0.1) is 0 Å². The van der Waals surface area contributed by atoms with Crippen LogP contribution in [-0.2, 0) is 5.33 Å². The first-order valence-electron chi connectivity index (χ1n) is 3.11. The maximum Gasteiger partial charge on any atom is 0.354 e. The molecule has 12 heavy (non-hydrogen) atoms. The van der Waals surface area contributed by atoms with Gasteiger partial charge in [0.2, 0.25) is 0 Å². The second-order valence-electron chi connectivity index (χ2n) is 2.02. The van der Waals surface area contributed by atoms with Gasteiger partial charge < -0.3 is 9.15 Å². The van der Waals surface area contributed by atoms with Gasteiger partial charge in [-0.2, -0.15) is 0 Å². The molecule has 0 aliphatic heterocycles. The van der Waals surface area contributed by atoms with Gasteiger partial charge in [-0.1, -0.05) is 15.9 Å². The van der Waals surface area contributed by atoms with Crippen molar-refractivity contribution in [2.75, 3.05) is 7.11 Å². The lowest BCUT2D eigenvalue weighted by Crippen LogP contribution is -2.03.